The van der Waals surface area contributed by atoms with Gasteiger partial charge in [-0.05, 0) is 19.8 Å². The highest BCUT2D eigenvalue weighted by Gasteiger charge is 2.23. The minimum atomic E-state index is 0.250. The van der Waals surface area contributed by atoms with Gasteiger partial charge in [0.25, 0.3) is 0 Å². The maximum Gasteiger partial charge on any atom is 0.322 e. The molecule has 0 amide bonds. The second-order valence-corrected chi connectivity index (χ2v) is 4.36. The van der Waals surface area contributed by atoms with E-state index >= 15 is 0 Å². The third-order valence-corrected chi connectivity index (χ3v) is 3.07. The predicted molar refractivity (Wildman–Crippen MR) is 72.8 cm³/mol. The van der Waals surface area contributed by atoms with Gasteiger partial charge in [0.05, 0.1) is 13.2 Å². The molecule has 2 heterocycles. The SMILES string of the molecule is CCOC1CCCN(c2nc(NC)nc(OC)n2)C1. The first-order chi connectivity index (χ1) is 9.26. The largest absolute Gasteiger partial charge is 0.467 e. The molecular formula is C12H21N5O2. The van der Waals surface area contributed by atoms with Crippen LogP contribution in [0.25, 0.3) is 0 Å². The van der Waals surface area contributed by atoms with E-state index < -0.39 is 0 Å². The van der Waals surface area contributed by atoms with Crippen LogP contribution in [0.4, 0.5) is 11.9 Å². The van der Waals surface area contributed by atoms with Crippen molar-refractivity contribution >= 4 is 11.9 Å². The van der Waals surface area contributed by atoms with Gasteiger partial charge >= 0.3 is 6.01 Å². The molecule has 1 unspecified atom stereocenters. The number of rotatable bonds is 5. The fraction of sp³-hybridized carbons (Fsp3) is 0.750. The van der Waals surface area contributed by atoms with Crippen molar-refractivity contribution in [3.05, 3.63) is 0 Å². The second-order valence-electron chi connectivity index (χ2n) is 4.36. The van der Waals surface area contributed by atoms with Crippen LogP contribution < -0.4 is 15.0 Å². The number of methoxy groups -OCH3 is 1. The number of anilines is 2. The zero-order valence-corrected chi connectivity index (χ0v) is 11.7. The lowest BCUT2D eigenvalue weighted by Gasteiger charge is -2.32. The summed E-state index contributed by atoms with van der Waals surface area (Å²) >= 11 is 0. The van der Waals surface area contributed by atoms with Crippen LogP contribution in [-0.2, 0) is 4.74 Å². The topological polar surface area (TPSA) is 72.4 Å². The van der Waals surface area contributed by atoms with Crippen LogP contribution >= 0.6 is 0 Å². The Hall–Kier alpha value is -1.63. The first-order valence-corrected chi connectivity index (χ1v) is 6.61. The molecule has 106 valence electrons. The summed E-state index contributed by atoms with van der Waals surface area (Å²) < 4.78 is 10.8. The number of ether oxygens (including phenoxy) is 2. The number of aromatic nitrogens is 3. The zero-order chi connectivity index (χ0) is 13.7. The Labute approximate surface area is 113 Å². The molecule has 1 atom stereocenters. The van der Waals surface area contributed by atoms with Crippen LogP contribution in [0.3, 0.4) is 0 Å². The van der Waals surface area contributed by atoms with Crippen LogP contribution in [0.2, 0.25) is 0 Å². The van der Waals surface area contributed by atoms with E-state index in [2.05, 4.69) is 25.2 Å². The van der Waals surface area contributed by atoms with Gasteiger partial charge in [0.2, 0.25) is 11.9 Å². The molecule has 1 aromatic rings. The zero-order valence-electron chi connectivity index (χ0n) is 11.7. The fourth-order valence-corrected chi connectivity index (χ4v) is 2.18. The van der Waals surface area contributed by atoms with Gasteiger partial charge in [-0.25, -0.2) is 0 Å². The van der Waals surface area contributed by atoms with E-state index in [0.29, 0.717) is 17.9 Å². The van der Waals surface area contributed by atoms with Gasteiger partial charge in [-0.2, -0.15) is 15.0 Å². The smallest absolute Gasteiger partial charge is 0.322 e. The molecule has 7 heteroatoms. The first kappa shape index (κ1) is 13.8. The standard InChI is InChI=1S/C12H21N5O2/c1-4-19-9-6-5-7-17(8-9)11-14-10(13-2)15-12(16-11)18-3/h9H,4-8H2,1-3H3,(H,13,14,15,16). The second kappa shape index (κ2) is 6.51. The maximum atomic E-state index is 5.69. The molecule has 1 N–H and O–H groups in total. The molecule has 1 aliphatic heterocycles. The number of nitrogens with zero attached hydrogens (tertiary/aromatic N) is 4. The summed E-state index contributed by atoms with van der Waals surface area (Å²) in [5.41, 5.74) is 0. The summed E-state index contributed by atoms with van der Waals surface area (Å²) in [5, 5.41) is 2.92. The van der Waals surface area contributed by atoms with Gasteiger partial charge in [-0.15, -0.1) is 0 Å². The number of piperidine rings is 1. The van der Waals surface area contributed by atoms with Gasteiger partial charge < -0.3 is 19.7 Å². The van der Waals surface area contributed by atoms with Crippen molar-refractivity contribution in [3.63, 3.8) is 0 Å². The van der Waals surface area contributed by atoms with Crippen molar-refractivity contribution in [1.82, 2.24) is 15.0 Å². The van der Waals surface area contributed by atoms with E-state index in [0.717, 1.165) is 32.5 Å². The van der Waals surface area contributed by atoms with E-state index in [9.17, 15) is 0 Å². The highest BCUT2D eigenvalue weighted by atomic mass is 16.5. The molecule has 1 saturated heterocycles. The van der Waals surface area contributed by atoms with Gasteiger partial charge in [-0.3, -0.25) is 0 Å². The molecule has 7 nitrogen and oxygen atoms in total. The summed E-state index contributed by atoms with van der Waals surface area (Å²) in [6, 6.07) is 0.327. The highest BCUT2D eigenvalue weighted by Crippen LogP contribution is 2.20. The fourth-order valence-electron chi connectivity index (χ4n) is 2.18. The molecule has 19 heavy (non-hydrogen) atoms. The lowest BCUT2D eigenvalue weighted by molar-refractivity contribution is 0.0523. The molecule has 0 bridgehead atoms. The molecule has 0 radical (unpaired) electrons. The van der Waals surface area contributed by atoms with Crippen LogP contribution in [0.1, 0.15) is 19.8 Å². The Morgan fingerprint density at radius 3 is 2.89 bits per heavy atom. The quantitative estimate of drug-likeness (QED) is 0.850. The maximum absolute atomic E-state index is 5.69. The molecule has 1 aromatic heterocycles. The van der Waals surface area contributed by atoms with Crippen LogP contribution in [0.15, 0.2) is 0 Å². The van der Waals surface area contributed by atoms with E-state index in [-0.39, 0.29) is 6.10 Å². The Morgan fingerprint density at radius 2 is 2.21 bits per heavy atom. The summed E-state index contributed by atoms with van der Waals surface area (Å²) in [5.74, 6) is 1.15. The third-order valence-electron chi connectivity index (χ3n) is 3.07. The molecule has 1 aliphatic rings. The minimum Gasteiger partial charge on any atom is -0.467 e. The molecule has 0 aromatic carbocycles. The normalized spacial score (nSPS) is 19.3. The van der Waals surface area contributed by atoms with E-state index in [1.54, 1.807) is 14.2 Å². The monoisotopic (exact) mass is 267 g/mol. The van der Waals surface area contributed by atoms with Crippen molar-refractivity contribution in [2.75, 3.05) is 44.1 Å². The van der Waals surface area contributed by atoms with Crippen molar-refractivity contribution < 1.29 is 9.47 Å². The molecular weight excluding hydrogens is 246 g/mol. The average Bonchev–Trinajstić information content (AvgIpc) is 2.47. The highest BCUT2D eigenvalue weighted by molar-refractivity contribution is 5.38. The molecule has 0 saturated carbocycles. The van der Waals surface area contributed by atoms with E-state index in [4.69, 9.17) is 9.47 Å². The summed E-state index contributed by atoms with van der Waals surface area (Å²) in [6.45, 7) is 4.49. The van der Waals surface area contributed by atoms with Crippen molar-refractivity contribution in [2.24, 2.45) is 0 Å². The summed E-state index contributed by atoms with van der Waals surface area (Å²) in [7, 11) is 3.33. The van der Waals surface area contributed by atoms with Crippen molar-refractivity contribution in [1.29, 1.82) is 0 Å². The predicted octanol–water partition coefficient (Wildman–Crippen LogP) is 0.927. The lowest BCUT2D eigenvalue weighted by atomic mass is 10.1. The average molecular weight is 267 g/mol. The van der Waals surface area contributed by atoms with Gasteiger partial charge in [-0.1, -0.05) is 0 Å². The Balaban J connectivity index is 2.15. The summed E-state index contributed by atoms with van der Waals surface area (Å²) in [4.78, 5) is 14.9. The van der Waals surface area contributed by atoms with Crippen LogP contribution in [0, 0.1) is 0 Å². The van der Waals surface area contributed by atoms with Crippen molar-refractivity contribution in [3.8, 4) is 6.01 Å². The Kier molecular flexibility index (Phi) is 4.73. The van der Waals surface area contributed by atoms with E-state index in [1.807, 2.05) is 6.92 Å². The number of nitrogens with one attached hydrogen (secondary N) is 1. The first-order valence-electron chi connectivity index (χ1n) is 6.61. The third kappa shape index (κ3) is 3.44. The van der Waals surface area contributed by atoms with Gasteiger partial charge in [0.15, 0.2) is 0 Å². The Bertz CT molecular complexity index is 391. The van der Waals surface area contributed by atoms with Crippen molar-refractivity contribution in [2.45, 2.75) is 25.9 Å². The van der Waals surface area contributed by atoms with E-state index in [1.165, 1.54) is 0 Å². The molecule has 1 fully saturated rings. The van der Waals surface area contributed by atoms with Gasteiger partial charge in [0, 0.05) is 26.7 Å². The van der Waals surface area contributed by atoms with Crippen LogP contribution in [-0.4, -0.2) is 54.9 Å². The minimum absolute atomic E-state index is 0.250. The molecule has 0 spiro atoms. The number of hydrogen-bond acceptors (Lipinski definition) is 7. The summed E-state index contributed by atoms with van der Waals surface area (Å²) in [6.07, 6.45) is 2.42. The van der Waals surface area contributed by atoms with Crippen LogP contribution in [0.5, 0.6) is 6.01 Å². The number of hydrogen-bond donors (Lipinski definition) is 1. The van der Waals surface area contributed by atoms with Gasteiger partial charge in [0.1, 0.15) is 0 Å². The lowest BCUT2D eigenvalue weighted by Crippen LogP contribution is -2.40. The molecule has 2 rings (SSSR count). The molecule has 0 aliphatic carbocycles. The Morgan fingerprint density at radius 1 is 1.37 bits per heavy atom.